The Morgan fingerprint density at radius 3 is 2.89 bits per heavy atom. The van der Waals surface area contributed by atoms with Crippen molar-refractivity contribution in [1.29, 1.82) is 0 Å². The highest BCUT2D eigenvalue weighted by molar-refractivity contribution is 5.30. The van der Waals surface area contributed by atoms with E-state index in [1.807, 2.05) is 13.0 Å². The van der Waals surface area contributed by atoms with E-state index in [1.165, 1.54) is 25.9 Å². The molecule has 0 amide bonds. The quantitative estimate of drug-likeness (QED) is 0.785. The van der Waals surface area contributed by atoms with Crippen LogP contribution in [-0.4, -0.2) is 40.6 Å². The fraction of sp³-hybridized carbons (Fsp3) is 0.643. The summed E-state index contributed by atoms with van der Waals surface area (Å²) in [5.41, 5.74) is 1.06. The molecule has 1 aromatic rings. The molecule has 2 heterocycles. The van der Waals surface area contributed by atoms with Crippen molar-refractivity contribution in [1.82, 2.24) is 14.5 Å². The van der Waals surface area contributed by atoms with Crippen LogP contribution in [-0.2, 0) is 0 Å². The Morgan fingerprint density at radius 2 is 2.22 bits per heavy atom. The van der Waals surface area contributed by atoms with E-state index >= 15 is 0 Å². The number of hydrogen-bond acceptors (Lipinski definition) is 3. The number of nitrogens with one attached hydrogen (secondary N) is 1. The number of aryl methyl sites for hydroxylation is 1. The van der Waals surface area contributed by atoms with Gasteiger partial charge < -0.3 is 14.8 Å². The summed E-state index contributed by atoms with van der Waals surface area (Å²) in [4.78, 5) is 7.07. The van der Waals surface area contributed by atoms with Crippen LogP contribution < -0.4 is 5.32 Å². The van der Waals surface area contributed by atoms with Gasteiger partial charge in [0.05, 0.1) is 5.69 Å². The smallest absolute Gasteiger partial charge is 0.203 e. The Morgan fingerprint density at radius 1 is 1.50 bits per heavy atom. The average Bonchev–Trinajstić information content (AvgIpc) is 2.96. The summed E-state index contributed by atoms with van der Waals surface area (Å²) in [5, 5.41) is 3.30. The molecular weight excluding hydrogens is 224 g/mol. The second kappa shape index (κ2) is 6.05. The third kappa shape index (κ3) is 3.13. The minimum Gasteiger partial charge on any atom is -0.352 e. The van der Waals surface area contributed by atoms with E-state index in [2.05, 4.69) is 39.5 Å². The minimum atomic E-state index is 0.455. The van der Waals surface area contributed by atoms with Gasteiger partial charge in [0.1, 0.15) is 0 Å². The molecule has 1 aromatic heterocycles. The molecule has 1 atom stereocenters. The van der Waals surface area contributed by atoms with Crippen molar-refractivity contribution >= 4 is 5.95 Å². The summed E-state index contributed by atoms with van der Waals surface area (Å²) in [6.07, 6.45) is 6.68. The molecule has 1 unspecified atom stereocenters. The third-order valence-electron chi connectivity index (χ3n) is 3.45. The van der Waals surface area contributed by atoms with E-state index in [0.29, 0.717) is 6.04 Å². The van der Waals surface area contributed by atoms with Crippen molar-refractivity contribution in [3.63, 3.8) is 0 Å². The maximum absolute atomic E-state index is 4.53. The Balaban J connectivity index is 2.02. The number of rotatable bonds is 6. The molecule has 4 nitrogen and oxygen atoms in total. The van der Waals surface area contributed by atoms with Gasteiger partial charge in [-0.2, -0.15) is 0 Å². The summed E-state index contributed by atoms with van der Waals surface area (Å²) in [6.45, 7) is 12.4. The molecule has 18 heavy (non-hydrogen) atoms. The van der Waals surface area contributed by atoms with Gasteiger partial charge in [0, 0.05) is 25.3 Å². The van der Waals surface area contributed by atoms with E-state index in [0.717, 1.165) is 24.7 Å². The standard InChI is InChI=1S/C14H24N4/c1-4-7-15-14-16-12(2)10-18(14)13(3)11-17-8-5-6-9-17/h4,10,13H,1,5-9,11H2,2-3H3,(H,15,16). The first-order valence-electron chi connectivity index (χ1n) is 6.83. The first kappa shape index (κ1) is 13.1. The zero-order valence-corrected chi connectivity index (χ0v) is 11.5. The number of aromatic nitrogens is 2. The summed E-state index contributed by atoms with van der Waals surface area (Å²) >= 11 is 0. The molecule has 0 aromatic carbocycles. The van der Waals surface area contributed by atoms with Crippen LogP contribution in [0.5, 0.6) is 0 Å². The monoisotopic (exact) mass is 248 g/mol. The average molecular weight is 248 g/mol. The van der Waals surface area contributed by atoms with Gasteiger partial charge in [0.2, 0.25) is 5.95 Å². The maximum Gasteiger partial charge on any atom is 0.203 e. The van der Waals surface area contributed by atoms with Crippen LogP contribution in [0.25, 0.3) is 0 Å². The summed E-state index contributed by atoms with van der Waals surface area (Å²) in [7, 11) is 0. The van der Waals surface area contributed by atoms with Gasteiger partial charge in [-0.05, 0) is 39.8 Å². The zero-order valence-electron chi connectivity index (χ0n) is 11.5. The van der Waals surface area contributed by atoms with Crippen molar-refractivity contribution < 1.29 is 0 Å². The molecule has 1 saturated heterocycles. The van der Waals surface area contributed by atoms with Crippen LogP contribution in [0, 0.1) is 6.92 Å². The Hall–Kier alpha value is -1.29. The van der Waals surface area contributed by atoms with Crippen LogP contribution in [0.1, 0.15) is 31.5 Å². The SMILES string of the molecule is C=CCNc1nc(C)cn1C(C)CN1CCCC1. The number of imidazole rings is 1. The number of nitrogens with zero attached hydrogens (tertiary/aromatic N) is 3. The van der Waals surface area contributed by atoms with Gasteiger partial charge in [-0.25, -0.2) is 4.98 Å². The van der Waals surface area contributed by atoms with Crippen molar-refractivity contribution in [2.45, 2.75) is 32.7 Å². The van der Waals surface area contributed by atoms with Crippen molar-refractivity contribution in [2.24, 2.45) is 0 Å². The van der Waals surface area contributed by atoms with E-state index < -0.39 is 0 Å². The highest BCUT2D eigenvalue weighted by atomic mass is 15.2. The molecular formula is C14H24N4. The summed E-state index contributed by atoms with van der Waals surface area (Å²) in [5.74, 6) is 0.957. The molecule has 0 bridgehead atoms. The molecule has 100 valence electrons. The zero-order chi connectivity index (χ0) is 13.0. The number of anilines is 1. The molecule has 1 fully saturated rings. The Labute approximate surface area is 110 Å². The molecule has 0 radical (unpaired) electrons. The summed E-state index contributed by atoms with van der Waals surface area (Å²) < 4.78 is 2.25. The topological polar surface area (TPSA) is 33.1 Å². The molecule has 4 heteroatoms. The van der Waals surface area contributed by atoms with Crippen LogP contribution in [0.2, 0.25) is 0 Å². The van der Waals surface area contributed by atoms with E-state index in [4.69, 9.17) is 0 Å². The molecule has 1 aliphatic rings. The highest BCUT2D eigenvalue weighted by Gasteiger charge is 2.17. The van der Waals surface area contributed by atoms with E-state index in [9.17, 15) is 0 Å². The molecule has 1 aliphatic heterocycles. The molecule has 1 N–H and O–H groups in total. The Kier molecular flexibility index (Phi) is 4.42. The first-order valence-corrected chi connectivity index (χ1v) is 6.83. The molecule has 0 spiro atoms. The lowest BCUT2D eigenvalue weighted by Gasteiger charge is -2.22. The lowest BCUT2D eigenvalue weighted by Crippen LogP contribution is -2.27. The van der Waals surface area contributed by atoms with Gasteiger partial charge in [-0.3, -0.25) is 0 Å². The van der Waals surface area contributed by atoms with Gasteiger partial charge in [-0.15, -0.1) is 6.58 Å². The van der Waals surface area contributed by atoms with Crippen LogP contribution in [0.15, 0.2) is 18.9 Å². The van der Waals surface area contributed by atoms with E-state index in [1.54, 1.807) is 0 Å². The van der Waals surface area contributed by atoms with Crippen molar-refractivity contribution in [2.75, 3.05) is 31.5 Å². The van der Waals surface area contributed by atoms with Gasteiger partial charge in [0.15, 0.2) is 0 Å². The predicted octanol–water partition coefficient (Wildman–Crippen LogP) is 2.45. The number of likely N-dealkylation sites (tertiary alicyclic amines) is 1. The van der Waals surface area contributed by atoms with Gasteiger partial charge in [-0.1, -0.05) is 6.08 Å². The molecule has 0 saturated carbocycles. The highest BCUT2D eigenvalue weighted by Crippen LogP contribution is 2.19. The second-order valence-corrected chi connectivity index (χ2v) is 5.14. The van der Waals surface area contributed by atoms with Crippen molar-refractivity contribution in [3.05, 3.63) is 24.5 Å². The first-order chi connectivity index (χ1) is 8.70. The van der Waals surface area contributed by atoms with Crippen molar-refractivity contribution in [3.8, 4) is 0 Å². The maximum atomic E-state index is 4.53. The lowest BCUT2D eigenvalue weighted by molar-refractivity contribution is 0.289. The number of hydrogen-bond donors (Lipinski definition) is 1. The predicted molar refractivity (Wildman–Crippen MR) is 76.0 cm³/mol. The second-order valence-electron chi connectivity index (χ2n) is 5.14. The van der Waals surface area contributed by atoms with Gasteiger partial charge >= 0.3 is 0 Å². The van der Waals surface area contributed by atoms with E-state index in [-0.39, 0.29) is 0 Å². The fourth-order valence-electron chi connectivity index (χ4n) is 2.57. The Bertz CT molecular complexity index is 390. The normalized spacial score (nSPS) is 17.9. The van der Waals surface area contributed by atoms with Crippen LogP contribution in [0.4, 0.5) is 5.95 Å². The summed E-state index contributed by atoms with van der Waals surface area (Å²) in [6, 6.07) is 0.455. The lowest BCUT2D eigenvalue weighted by atomic mass is 10.3. The van der Waals surface area contributed by atoms with Gasteiger partial charge in [0.25, 0.3) is 0 Å². The van der Waals surface area contributed by atoms with Crippen LogP contribution in [0.3, 0.4) is 0 Å². The van der Waals surface area contributed by atoms with Crippen LogP contribution >= 0.6 is 0 Å². The minimum absolute atomic E-state index is 0.455. The molecule has 0 aliphatic carbocycles. The molecule has 2 rings (SSSR count). The fourth-order valence-corrected chi connectivity index (χ4v) is 2.57. The third-order valence-corrected chi connectivity index (χ3v) is 3.45. The largest absolute Gasteiger partial charge is 0.352 e.